The van der Waals surface area contributed by atoms with Gasteiger partial charge in [-0.25, -0.2) is 0 Å². The molecule has 0 amide bonds. The van der Waals surface area contributed by atoms with Crippen LogP contribution in [0, 0.1) is 27.4 Å². The predicted octanol–water partition coefficient (Wildman–Crippen LogP) is 2.24. The highest BCUT2D eigenvalue weighted by molar-refractivity contribution is 5.58. The zero-order valence-electron chi connectivity index (χ0n) is 12.7. The first-order chi connectivity index (χ1) is 10.6. The van der Waals surface area contributed by atoms with E-state index in [1.165, 1.54) is 19.2 Å². The summed E-state index contributed by atoms with van der Waals surface area (Å²) in [5, 5.41) is 23.4. The van der Waals surface area contributed by atoms with Crippen LogP contribution >= 0.6 is 0 Å². The Labute approximate surface area is 129 Å². The predicted molar refractivity (Wildman–Crippen MR) is 80.0 cm³/mol. The molecule has 1 heterocycles. The van der Waals surface area contributed by atoms with Crippen molar-refractivity contribution in [2.45, 2.75) is 25.9 Å². The summed E-state index contributed by atoms with van der Waals surface area (Å²) in [5.41, 5.74) is -0.306. The molecular formula is C15H19N3O4. The lowest BCUT2D eigenvalue weighted by atomic mass is 9.93. The van der Waals surface area contributed by atoms with Crippen LogP contribution in [0.15, 0.2) is 12.1 Å². The van der Waals surface area contributed by atoms with Crippen LogP contribution in [-0.2, 0) is 0 Å². The van der Waals surface area contributed by atoms with E-state index in [2.05, 4.69) is 5.32 Å². The normalized spacial score (nSPS) is 16.6. The number of ether oxygens (including phenoxy) is 2. The van der Waals surface area contributed by atoms with E-state index in [9.17, 15) is 10.1 Å². The molecule has 1 aromatic carbocycles. The Morgan fingerprint density at radius 3 is 2.64 bits per heavy atom. The molecule has 1 aliphatic heterocycles. The van der Waals surface area contributed by atoms with Crippen molar-refractivity contribution in [3.8, 4) is 17.6 Å². The van der Waals surface area contributed by atoms with Gasteiger partial charge in [-0.1, -0.05) is 0 Å². The second-order valence-electron chi connectivity index (χ2n) is 5.30. The summed E-state index contributed by atoms with van der Waals surface area (Å²) in [6.45, 7) is 3.85. The first-order valence-electron chi connectivity index (χ1n) is 7.20. The molecule has 1 atom stereocenters. The van der Waals surface area contributed by atoms with Gasteiger partial charge < -0.3 is 14.8 Å². The third kappa shape index (κ3) is 3.46. The maximum Gasteiger partial charge on any atom is 0.291 e. The molecule has 0 spiro atoms. The van der Waals surface area contributed by atoms with E-state index in [1.54, 1.807) is 0 Å². The van der Waals surface area contributed by atoms with Gasteiger partial charge in [0.05, 0.1) is 24.2 Å². The van der Waals surface area contributed by atoms with Crippen LogP contribution in [0.25, 0.3) is 0 Å². The molecule has 1 aliphatic rings. The van der Waals surface area contributed by atoms with Crippen LogP contribution in [0.5, 0.6) is 11.5 Å². The summed E-state index contributed by atoms with van der Waals surface area (Å²) in [5.74, 6) is 1.03. The number of nitrogens with zero attached hydrogens (tertiary/aromatic N) is 2. The van der Waals surface area contributed by atoms with Crippen LogP contribution in [-0.4, -0.2) is 31.2 Å². The second kappa shape index (κ2) is 7.09. The Bertz CT molecular complexity index is 591. The van der Waals surface area contributed by atoms with E-state index in [-0.39, 0.29) is 17.4 Å². The minimum absolute atomic E-state index is 0.0382. The lowest BCUT2D eigenvalue weighted by Gasteiger charge is -2.29. The minimum Gasteiger partial charge on any atom is -0.493 e. The second-order valence-corrected chi connectivity index (χ2v) is 5.30. The zero-order valence-corrected chi connectivity index (χ0v) is 12.7. The molecular weight excluding hydrogens is 286 g/mol. The fourth-order valence-electron chi connectivity index (χ4n) is 2.65. The Balaban J connectivity index is 2.27. The molecule has 7 heteroatoms. The first-order valence-corrected chi connectivity index (χ1v) is 7.20. The number of hydrogen-bond acceptors (Lipinski definition) is 6. The van der Waals surface area contributed by atoms with Gasteiger partial charge in [0.1, 0.15) is 11.6 Å². The van der Waals surface area contributed by atoms with Crippen molar-refractivity contribution in [1.82, 2.24) is 5.32 Å². The van der Waals surface area contributed by atoms with Crippen LogP contribution < -0.4 is 14.8 Å². The van der Waals surface area contributed by atoms with E-state index >= 15 is 0 Å². The summed E-state index contributed by atoms with van der Waals surface area (Å²) in [7, 11) is 1.45. The lowest BCUT2D eigenvalue weighted by Crippen LogP contribution is -2.35. The smallest absolute Gasteiger partial charge is 0.291 e. The van der Waals surface area contributed by atoms with Gasteiger partial charge in [-0.2, -0.15) is 5.26 Å². The number of nitro groups is 1. The number of methoxy groups -OCH3 is 1. The molecule has 1 fully saturated rings. The van der Waals surface area contributed by atoms with E-state index in [0.717, 1.165) is 25.9 Å². The average Bonchev–Trinajstić information content (AvgIpc) is 2.55. The summed E-state index contributed by atoms with van der Waals surface area (Å²) in [6, 6.07) is 4.43. The van der Waals surface area contributed by atoms with Gasteiger partial charge in [-0.3, -0.25) is 10.1 Å². The standard InChI is InChI=1S/C15H19N3O4/c1-10(11-3-5-17-6-4-11)22-15-8-13(18(19)20)12(9-16)7-14(15)21-2/h7-8,10-11,17H,3-6H2,1-2H3. The molecule has 118 valence electrons. The van der Waals surface area contributed by atoms with E-state index in [4.69, 9.17) is 14.7 Å². The molecule has 1 saturated heterocycles. The van der Waals surface area contributed by atoms with Gasteiger partial charge >= 0.3 is 0 Å². The number of piperidine rings is 1. The topological polar surface area (TPSA) is 97.4 Å². The minimum atomic E-state index is -0.583. The number of nitriles is 1. The van der Waals surface area contributed by atoms with Crippen LogP contribution in [0.2, 0.25) is 0 Å². The molecule has 0 radical (unpaired) electrons. The number of rotatable bonds is 5. The van der Waals surface area contributed by atoms with E-state index in [0.29, 0.717) is 17.4 Å². The first kappa shape index (κ1) is 16.0. The summed E-state index contributed by atoms with van der Waals surface area (Å²) in [6.07, 6.45) is 1.92. The number of hydrogen-bond donors (Lipinski definition) is 1. The van der Waals surface area contributed by atoms with Gasteiger partial charge in [-0.15, -0.1) is 0 Å². The molecule has 0 bridgehead atoms. The van der Waals surface area contributed by atoms with E-state index < -0.39 is 4.92 Å². The molecule has 1 N–H and O–H groups in total. The zero-order chi connectivity index (χ0) is 16.1. The molecule has 0 saturated carbocycles. The molecule has 7 nitrogen and oxygen atoms in total. The number of nitro benzene ring substituents is 1. The number of benzene rings is 1. The van der Waals surface area contributed by atoms with Crippen molar-refractivity contribution in [1.29, 1.82) is 5.26 Å². The molecule has 1 aromatic rings. The van der Waals surface area contributed by atoms with Gasteiger partial charge in [0.25, 0.3) is 5.69 Å². The Kier molecular flexibility index (Phi) is 5.17. The Morgan fingerprint density at radius 2 is 2.09 bits per heavy atom. The van der Waals surface area contributed by atoms with Crippen molar-refractivity contribution in [2.24, 2.45) is 5.92 Å². The van der Waals surface area contributed by atoms with Gasteiger partial charge in [0, 0.05) is 6.07 Å². The van der Waals surface area contributed by atoms with Crippen molar-refractivity contribution < 1.29 is 14.4 Å². The quantitative estimate of drug-likeness (QED) is 0.662. The van der Waals surface area contributed by atoms with Crippen LogP contribution in [0.3, 0.4) is 0 Å². The van der Waals surface area contributed by atoms with Gasteiger partial charge in [0.15, 0.2) is 11.5 Å². The lowest BCUT2D eigenvalue weighted by molar-refractivity contribution is -0.385. The Morgan fingerprint density at radius 1 is 1.41 bits per heavy atom. The average molecular weight is 305 g/mol. The summed E-state index contributed by atoms with van der Waals surface area (Å²) >= 11 is 0. The largest absolute Gasteiger partial charge is 0.493 e. The molecule has 0 aromatic heterocycles. The molecule has 0 aliphatic carbocycles. The third-order valence-electron chi connectivity index (χ3n) is 3.96. The van der Waals surface area contributed by atoms with Crippen molar-refractivity contribution >= 4 is 5.69 Å². The third-order valence-corrected chi connectivity index (χ3v) is 3.96. The number of nitrogens with one attached hydrogen (secondary N) is 1. The highest BCUT2D eigenvalue weighted by Crippen LogP contribution is 2.36. The molecule has 2 rings (SSSR count). The fraction of sp³-hybridized carbons (Fsp3) is 0.533. The summed E-state index contributed by atoms with van der Waals surface area (Å²) < 4.78 is 11.1. The highest BCUT2D eigenvalue weighted by Gasteiger charge is 2.25. The SMILES string of the molecule is COc1cc(C#N)c([N+](=O)[O-])cc1OC(C)C1CCNCC1. The van der Waals surface area contributed by atoms with Crippen LogP contribution in [0.1, 0.15) is 25.3 Å². The highest BCUT2D eigenvalue weighted by atomic mass is 16.6. The molecule has 1 unspecified atom stereocenters. The van der Waals surface area contributed by atoms with Gasteiger partial charge in [0.2, 0.25) is 0 Å². The molecule has 22 heavy (non-hydrogen) atoms. The maximum absolute atomic E-state index is 11.1. The van der Waals surface area contributed by atoms with Crippen LogP contribution in [0.4, 0.5) is 5.69 Å². The van der Waals surface area contributed by atoms with E-state index in [1.807, 2.05) is 13.0 Å². The maximum atomic E-state index is 11.1. The van der Waals surface area contributed by atoms with Crippen molar-refractivity contribution in [3.05, 3.63) is 27.8 Å². The monoisotopic (exact) mass is 305 g/mol. The summed E-state index contributed by atoms with van der Waals surface area (Å²) in [4.78, 5) is 10.5. The van der Waals surface area contributed by atoms with Crippen molar-refractivity contribution in [2.75, 3.05) is 20.2 Å². The van der Waals surface area contributed by atoms with Crippen molar-refractivity contribution in [3.63, 3.8) is 0 Å². The Hall–Kier alpha value is -2.33. The fourth-order valence-corrected chi connectivity index (χ4v) is 2.65. The van der Waals surface area contributed by atoms with Gasteiger partial charge in [-0.05, 0) is 38.8 Å².